The Labute approximate surface area is 131 Å². The van der Waals surface area contributed by atoms with Crippen molar-refractivity contribution < 1.29 is 4.74 Å². The van der Waals surface area contributed by atoms with E-state index in [0.717, 1.165) is 31.6 Å². The van der Waals surface area contributed by atoms with E-state index in [1.165, 1.54) is 45.2 Å². The fourth-order valence-corrected chi connectivity index (χ4v) is 3.92. The van der Waals surface area contributed by atoms with E-state index in [-0.39, 0.29) is 0 Å². The van der Waals surface area contributed by atoms with Crippen LogP contribution in [0.2, 0.25) is 0 Å². The Balaban J connectivity index is 1.90. The van der Waals surface area contributed by atoms with Crippen LogP contribution in [0.4, 0.5) is 0 Å². The summed E-state index contributed by atoms with van der Waals surface area (Å²) in [6.45, 7) is 12.5. The van der Waals surface area contributed by atoms with Gasteiger partial charge in [0.05, 0.1) is 6.61 Å². The van der Waals surface area contributed by atoms with Crippen LogP contribution in [0.25, 0.3) is 0 Å². The average molecular weight is 296 g/mol. The van der Waals surface area contributed by atoms with Crippen molar-refractivity contribution in [1.82, 2.24) is 10.2 Å². The minimum absolute atomic E-state index is 0.485. The molecular weight excluding hydrogens is 260 g/mol. The van der Waals surface area contributed by atoms with Crippen molar-refractivity contribution in [2.45, 2.75) is 58.9 Å². The number of ether oxygens (including phenoxy) is 1. The van der Waals surface area contributed by atoms with Crippen LogP contribution in [0, 0.1) is 17.3 Å². The topological polar surface area (TPSA) is 24.5 Å². The highest BCUT2D eigenvalue weighted by Crippen LogP contribution is 2.39. The molecule has 0 aromatic carbocycles. The number of nitrogens with one attached hydrogen (secondary N) is 1. The summed E-state index contributed by atoms with van der Waals surface area (Å²) in [5.74, 6) is 1.66. The molecule has 1 saturated heterocycles. The highest BCUT2D eigenvalue weighted by Gasteiger charge is 2.36. The molecule has 0 aromatic rings. The van der Waals surface area contributed by atoms with Crippen molar-refractivity contribution in [1.29, 1.82) is 0 Å². The third-order valence-electron chi connectivity index (χ3n) is 5.50. The van der Waals surface area contributed by atoms with Crippen molar-refractivity contribution in [3.05, 3.63) is 0 Å². The molecule has 1 N–H and O–H groups in total. The van der Waals surface area contributed by atoms with Gasteiger partial charge in [-0.25, -0.2) is 0 Å². The predicted octanol–water partition coefficient (Wildman–Crippen LogP) is 3.15. The van der Waals surface area contributed by atoms with Crippen molar-refractivity contribution in [3.63, 3.8) is 0 Å². The van der Waals surface area contributed by atoms with E-state index in [0.29, 0.717) is 11.5 Å². The second kappa shape index (κ2) is 7.94. The van der Waals surface area contributed by atoms with Gasteiger partial charge in [0.2, 0.25) is 0 Å². The summed E-state index contributed by atoms with van der Waals surface area (Å²) < 4.78 is 5.57. The Hall–Kier alpha value is -0.120. The molecule has 2 fully saturated rings. The highest BCUT2D eigenvalue weighted by molar-refractivity contribution is 4.90. The van der Waals surface area contributed by atoms with E-state index < -0.39 is 0 Å². The van der Waals surface area contributed by atoms with Crippen molar-refractivity contribution in [2.24, 2.45) is 17.3 Å². The zero-order valence-electron chi connectivity index (χ0n) is 14.7. The molecule has 0 amide bonds. The summed E-state index contributed by atoms with van der Waals surface area (Å²) >= 11 is 0. The van der Waals surface area contributed by atoms with Gasteiger partial charge >= 0.3 is 0 Å². The van der Waals surface area contributed by atoms with E-state index in [1.54, 1.807) is 0 Å². The molecule has 124 valence electrons. The smallest absolute Gasteiger partial charge is 0.0622 e. The minimum atomic E-state index is 0.485. The van der Waals surface area contributed by atoms with Gasteiger partial charge in [0, 0.05) is 25.7 Å². The lowest BCUT2D eigenvalue weighted by Gasteiger charge is -2.43. The molecule has 0 spiro atoms. The summed E-state index contributed by atoms with van der Waals surface area (Å²) in [6, 6.07) is 0.645. The van der Waals surface area contributed by atoms with E-state index in [4.69, 9.17) is 4.74 Å². The lowest BCUT2D eigenvalue weighted by atomic mass is 9.70. The van der Waals surface area contributed by atoms with Crippen LogP contribution < -0.4 is 5.32 Å². The molecule has 3 heteroatoms. The maximum atomic E-state index is 5.57. The molecule has 1 atom stereocenters. The Morgan fingerprint density at radius 1 is 1.24 bits per heavy atom. The molecule has 0 radical (unpaired) electrons. The summed E-state index contributed by atoms with van der Waals surface area (Å²) in [7, 11) is 2.31. The van der Waals surface area contributed by atoms with Gasteiger partial charge in [-0.05, 0) is 50.1 Å². The predicted molar refractivity (Wildman–Crippen MR) is 89.6 cm³/mol. The zero-order chi connectivity index (χ0) is 15.3. The lowest BCUT2D eigenvalue weighted by molar-refractivity contribution is 0.0719. The van der Waals surface area contributed by atoms with Gasteiger partial charge in [-0.3, -0.25) is 0 Å². The molecular formula is C18H36N2O. The summed E-state index contributed by atoms with van der Waals surface area (Å²) in [4.78, 5) is 2.58. The molecule has 2 aliphatic rings. The van der Waals surface area contributed by atoms with Crippen LogP contribution in [0.5, 0.6) is 0 Å². The minimum Gasteiger partial charge on any atom is -0.380 e. The van der Waals surface area contributed by atoms with Crippen LogP contribution in [0.1, 0.15) is 52.9 Å². The normalized spacial score (nSPS) is 34.0. The second-order valence-electron chi connectivity index (χ2n) is 8.14. The first-order chi connectivity index (χ1) is 10.0. The summed E-state index contributed by atoms with van der Waals surface area (Å²) in [5, 5.41) is 3.75. The fourth-order valence-electron chi connectivity index (χ4n) is 3.92. The van der Waals surface area contributed by atoms with Crippen LogP contribution in [0.3, 0.4) is 0 Å². The van der Waals surface area contributed by atoms with Gasteiger partial charge in [-0.15, -0.1) is 0 Å². The first-order valence-electron chi connectivity index (χ1n) is 8.99. The second-order valence-corrected chi connectivity index (χ2v) is 8.14. The monoisotopic (exact) mass is 296 g/mol. The fraction of sp³-hybridized carbons (Fsp3) is 1.00. The average Bonchev–Trinajstić information content (AvgIpc) is 2.96. The maximum absolute atomic E-state index is 5.57. The lowest BCUT2D eigenvalue weighted by Crippen LogP contribution is -2.48. The third kappa shape index (κ3) is 5.22. The molecule has 1 saturated carbocycles. The maximum Gasteiger partial charge on any atom is 0.0622 e. The van der Waals surface area contributed by atoms with Crippen LogP contribution in [0.15, 0.2) is 0 Å². The van der Waals surface area contributed by atoms with Crippen molar-refractivity contribution in [2.75, 3.05) is 39.9 Å². The third-order valence-corrected chi connectivity index (χ3v) is 5.50. The van der Waals surface area contributed by atoms with Gasteiger partial charge in [0.1, 0.15) is 0 Å². The quantitative estimate of drug-likeness (QED) is 0.781. The summed E-state index contributed by atoms with van der Waals surface area (Å²) in [5.41, 5.74) is 0.485. The van der Waals surface area contributed by atoms with Gasteiger partial charge in [0.25, 0.3) is 0 Å². The molecule has 2 rings (SSSR count). The number of hydrogen-bond donors (Lipinski definition) is 1. The molecule has 0 aromatic heterocycles. The van der Waals surface area contributed by atoms with Gasteiger partial charge in [-0.1, -0.05) is 33.6 Å². The van der Waals surface area contributed by atoms with E-state index in [1.807, 2.05) is 0 Å². The van der Waals surface area contributed by atoms with Crippen LogP contribution in [-0.4, -0.2) is 50.8 Å². The number of hydrogen-bond acceptors (Lipinski definition) is 3. The molecule has 1 aliphatic carbocycles. The Bertz CT molecular complexity index is 292. The van der Waals surface area contributed by atoms with E-state index in [9.17, 15) is 0 Å². The largest absolute Gasteiger partial charge is 0.380 e. The molecule has 0 bridgehead atoms. The van der Waals surface area contributed by atoms with Gasteiger partial charge in [0.15, 0.2) is 0 Å². The van der Waals surface area contributed by atoms with E-state index >= 15 is 0 Å². The number of nitrogens with zero attached hydrogens (tertiary/aromatic N) is 1. The highest BCUT2D eigenvalue weighted by atomic mass is 16.5. The van der Waals surface area contributed by atoms with Crippen LogP contribution >= 0.6 is 0 Å². The molecule has 3 nitrogen and oxygen atoms in total. The number of rotatable bonds is 7. The van der Waals surface area contributed by atoms with Crippen molar-refractivity contribution in [3.8, 4) is 0 Å². The number of likely N-dealkylation sites (N-methyl/N-ethyl adjacent to an activating group) is 1. The van der Waals surface area contributed by atoms with Crippen LogP contribution in [-0.2, 0) is 4.74 Å². The first kappa shape index (κ1) is 17.2. The van der Waals surface area contributed by atoms with Gasteiger partial charge < -0.3 is 15.0 Å². The first-order valence-corrected chi connectivity index (χ1v) is 8.99. The summed E-state index contributed by atoms with van der Waals surface area (Å²) in [6.07, 6.45) is 6.79. The molecule has 21 heavy (non-hydrogen) atoms. The standard InChI is InChI=1S/C18H36N2O/c1-15(2)11-19-13-18(8-5-16(3)6-9-18)14-20(4)17-7-10-21-12-17/h15-17,19H,5-14H2,1-4H3. The zero-order valence-corrected chi connectivity index (χ0v) is 14.7. The Kier molecular flexibility index (Phi) is 6.51. The Morgan fingerprint density at radius 3 is 2.52 bits per heavy atom. The van der Waals surface area contributed by atoms with E-state index in [2.05, 4.69) is 38.0 Å². The SMILES string of the molecule is CC(C)CNCC1(CN(C)C2CCOC2)CCC(C)CC1. The molecule has 1 unspecified atom stereocenters. The Morgan fingerprint density at radius 2 is 1.95 bits per heavy atom. The van der Waals surface area contributed by atoms with Crippen molar-refractivity contribution >= 4 is 0 Å². The molecule has 1 heterocycles. The molecule has 1 aliphatic heterocycles. The van der Waals surface area contributed by atoms with Gasteiger partial charge in [-0.2, -0.15) is 0 Å².